The van der Waals surface area contributed by atoms with E-state index >= 15 is 0 Å². The van der Waals surface area contributed by atoms with E-state index < -0.39 is 35.7 Å². The quantitative estimate of drug-likeness (QED) is 0.184. The lowest BCUT2D eigenvalue weighted by molar-refractivity contribution is -0.192. The molecule has 4 amide bonds. The Kier molecular flexibility index (Phi) is 10.9. The van der Waals surface area contributed by atoms with Crippen LogP contribution in [0.3, 0.4) is 0 Å². The van der Waals surface area contributed by atoms with Crippen LogP contribution in [0.5, 0.6) is 0 Å². The van der Waals surface area contributed by atoms with Gasteiger partial charge in [-0.3, -0.25) is 14.5 Å². The maximum absolute atomic E-state index is 14.0. The fraction of sp³-hybridized carbons (Fsp3) is 0.171. The standard InChI is InChI=1S/C33H29N5O3.C2HF3O2/c34-20-24-10-7-9-23(17-24)19-29(30(35)39)36-21-25-11-8-12-26(18-25)22-38-31(40)33(37-32(38)41,27-13-3-1-4-14-27)28-15-5-2-6-16-28;3-2(4,5)1(6)7/h1-18,29,36H,19,21-22H2,(H2,35,39)(H,37,41);(H,6,7)/t29-;/m1./s1. The van der Waals surface area contributed by atoms with Crippen molar-refractivity contribution in [2.24, 2.45) is 5.73 Å². The fourth-order valence-corrected chi connectivity index (χ4v) is 5.19. The molecule has 1 heterocycles. The van der Waals surface area contributed by atoms with Crippen LogP contribution >= 0.6 is 0 Å². The smallest absolute Gasteiger partial charge is 0.475 e. The van der Waals surface area contributed by atoms with Crippen molar-refractivity contribution in [1.29, 1.82) is 5.26 Å². The van der Waals surface area contributed by atoms with E-state index in [4.69, 9.17) is 20.9 Å². The molecule has 0 bridgehead atoms. The van der Waals surface area contributed by atoms with Gasteiger partial charge in [-0.05, 0) is 46.4 Å². The number of hydrogen-bond donors (Lipinski definition) is 4. The molecule has 10 nitrogen and oxygen atoms in total. The van der Waals surface area contributed by atoms with Gasteiger partial charge in [0.25, 0.3) is 5.91 Å². The summed E-state index contributed by atoms with van der Waals surface area (Å²) in [7, 11) is 0. The Balaban J connectivity index is 0.000000671. The molecule has 0 unspecified atom stereocenters. The van der Waals surface area contributed by atoms with E-state index in [0.29, 0.717) is 29.7 Å². The van der Waals surface area contributed by atoms with E-state index in [1.807, 2.05) is 91.0 Å². The number of carbonyl (C=O) groups excluding carboxylic acids is 3. The number of nitrogens with zero attached hydrogens (tertiary/aromatic N) is 2. The molecule has 4 aromatic carbocycles. The molecule has 0 aliphatic carbocycles. The minimum absolute atomic E-state index is 0.0835. The van der Waals surface area contributed by atoms with Gasteiger partial charge in [-0.15, -0.1) is 0 Å². The second-order valence-electron chi connectivity index (χ2n) is 10.8. The Morgan fingerprint density at radius 2 is 1.42 bits per heavy atom. The molecule has 1 aliphatic rings. The minimum atomic E-state index is -5.08. The molecular weight excluding hydrogens is 627 g/mol. The topological polar surface area (TPSA) is 166 Å². The number of carbonyl (C=O) groups is 4. The number of nitriles is 1. The number of nitrogens with one attached hydrogen (secondary N) is 2. The molecule has 1 saturated heterocycles. The molecule has 1 aliphatic heterocycles. The van der Waals surface area contributed by atoms with Crippen molar-refractivity contribution in [2.75, 3.05) is 0 Å². The lowest BCUT2D eigenvalue weighted by atomic mass is 9.82. The maximum atomic E-state index is 14.0. The van der Waals surface area contributed by atoms with E-state index in [-0.39, 0.29) is 12.5 Å². The van der Waals surface area contributed by atoms with E-state index in [1.54, 1.807) is 18.2 Å². The predicted octanol–water partition coefficient (Wildman–Crippen LogP) is 4.37. The zero-order valence-corrected chi connectivity index (χ0v) is 25.3. The third-order valence-corrected chi connectivity index (χ3v) is 7.49. The van der Waals surface area contributed by atoms with Crippen LogP contribution in [0.4, 0.5) is 18.0 Å². The van der Waals surface area contributed by atoms with E-state index in [1.165, 1.54) is 4.90 Å². The number of amides is 4. The van der Waals surface area contributed by atoms with Crippen molar-refractivity contribution >= 4 is 23.8 Å². The van der Waals surface area contributed by atoms with Crippen molar-refractivity contribution < 1.29 is 37.5 Å². The van der Waals surface area contributed by atoms with E-state index in [0.717, 1.165) is 16.7 Å². The molecule has 1 atom stereocenters. The van der Waals surface area contributed by atoms with Crippen LogP contribution < -0.4 is 16.4 Å². The molecule has 0 saturated carbocycles. The summed E-state index contributed by atoms with van der Waals surface area (Å²) in [4.78, 5) is 49.5. The molecule has 246 valence electrons. The highest BCUT2D eigenvalue weighted by Gasteiger charge is 2.53. The first-order valence-electron chi connectivity index (χ1n) is 14.5. The van der Waals surface area contributed by atoms with Crippen molar-refractivity contribution in [3.63, 3.8) is 0 Å². The third kappa shape index (κ3) is 8.23. The number of rotatable bonds is 10. The number of nitrogens with two attached hydrogens (primary N) is 1. The highest BCUT2D eigenvalue weighted by Crippen LogP contribution is 2.36. The summed E-state index contributed by atoms with van der Waals surface area (Å²) >= 11 is 0. The van der Waals surface area contributed by atoms with Crippen molar-refractivity contribution in [1.82, 2.24) is 15.5 Å². The lowest BCUT2D eigenvalue weighted by Crippen LogP contribution is -2.45. The number of carboxylic acids is 1. The monoisotopic (exact) mass is 657 g/mol. The van der Waals surface area contributed by atoms with Crippen LogP contribution in [-0.4, -0.2) is 46.0 Å². The summed E-state index contributed by atoms with van der Waals surface area (Å²) in [6.45, 7) is 0.428. The number of imide groups is 1. The summed E-state index contributed by atoms with van der Waals surface area (Å²) in [5, 5.41) is 22.5. The maximum Gasteiger partial charge on any atom is 0.490 e. The van der Waals surface area contributed by atoms with Gasteiger partial charge in [0.1, 0.15) is 0 Å². The minimum Gasteiger partial charge on any atom is -0.475 e. The average Bonchev–Trinajstić information content (AvgIpc) is 3.33. The number of alkyl halides is 3. The molecule has 13 heteroatoms. The average molecular weight is 658 g/mol. The third-order valence-electron chi connectivity index (χ3n) is 7.49. The van der Waals surface area contributed by atoms with Crippen LogP contribution in [0.15, 0.2) is 109 Å². The summed E-state index contributed by atoms with van der Waals surface area (Å²) in [5.41, 5.74) is 8.67. The van der Waals surface area contributed by atoms with Crippen LogP contribution in [0, 0.1) is 11.3 Å². The van der Waals surface area contributed by atoms with Gasteiger partial charge in [-0.2, -0.15) is 18.4 Å². The van der Waals surface area contributed by atoms with Crippen molar-refractivity contribution in [2.45, 2.75) is 37.3 Å². The Labute approximate surface area is 273 Å². The van der Waals surface area contributed by atoms with Gasteiger partial charge in [0.05, 0.1) is 24.2 Å². The highest BCUT2D eigenvalue weighted by atomic mass is 19.4. The zero-order valence-electron chi connectivity index (χ0n) is 25.3. The number of hydrogen-bond acceptors (Lipinski definition) is 6. The Morgan fingerprint density at radius 1 is 0.875 bits per heavy atom. The number of aliphatic carboxylic acids is 1. The molecule has 1 fully saturated rings. The van der Waals surface area contributed by atoms with E-state index in [9.17, 15) is 27.6 Å². The van der Waals surface area contributed by atoms with Gasteiger partial charge in [0, 0.05) is 6.54 Å². The molecule has 5 N–H and O–H groups in total. The fourth-order valence-electron chi connectivity index (χ4n) is 5.19. The van der Waals surface area contributed by atoms with Gasteiger partial charge in [-0.1, -0.05) is 97.1 Å². The summed E-state index contributed by atoms with van der Waals surface area (Å²) in [6.07, 6.45) is -4.74. The summed E-state index contributed by atoms with van der Waals surface area (Å²) in [5.74, 6) is -3.61. The second-order valence-corrected chi connectivity index (χ2v) is 10.8. The zero-order chi connectivity index (χ0) is 34.9. The number of halogens is 3. The van der Waals surface area contributed by atoms with Gasteiger partial charge < -0.3 is 21.5 Å². The second kappa shape index (κ2) is 15.1. The Bertz CT molecular complexity index is 1790. The van der Waals surface area contributed by atoms with Crippen LogP contribution in [0.25, 0.3) is 0 Å². The normalized spacial score (nSPS) is 14.2. The predicted molar refractivity (Wildman–Crippen MR) is 168 cm³/mol. The Hall–Kier alpha value is -6.00. The van der Waals surface area contributed by atoms with Gasteiger partial charge >= 0.3 is 18.2 Å². The highest BCUT2D eigenvalue weighted by molar-refractivity contribution is 6.09. The van der Waals surface area contributed by atoms with E-state index in [2.05, 4.69) is 16.7 Å². The number of benzene rings is 4. The first-order valence-corrected chi connectivity index (χ1v) is 14.5. The molecule has 0 radical (unpaired) electrons. The SMILES string of the molecule is N#Cc1cccc(C[C@@H](NCc2cccc(CN3C(=O)NC(c4ccccc4)(c4ccccc4)C3=O)c2)C(N)=O)c1.O=C(O)C(F)(F)F. The molecule has 48 heavy (non-hydrogen) atoms. The molecular formula is C35H30F3N5O5. The van der Waals surface area contributed by atoms with Crippen molar-refractivity contribution in [3.8, 4) is 6.07 Å². The number of primary amides is 1. The summed E-state index contributed by atoms with van der Waals surface area (Å²) in [6, 6.07) is 34.0. The molecule has 5 rings (SSSR count). The molecule has 0 aromatic heterocycles. The van der Waals surface area contributed by atoms with Crippen LogP contribution in [0.1, 0.15) is 33.4 Å². The first-order chi connectivity index (χ1) is 22.8. The van der Waals surface area contributed by atoms with Gasteiger partial charge in [0.2, 0.25) is 5.91 Å². The molecule has 0 spiro atoms. The van der Waals surface area contributed by atoms with Gasteiger partial charge in [0.15, 0.2) is 5.54 Å². The number of urea groups is 1. The number of carboxylic acid groups (broad SMARTS) is 1. The van der Waals surface area contributed by atoms with Crippen LogP contribution in [-0.2, 0) is 39.4 Å². The Morgan fingerprint density at radius 3 is 1.96 bits per heavy atom. The summed E-state index contributed by atoms with van der Waals surface area (Å²) < 4.78 is 31.7. The largest absolute Gasteiger partial charge is 0.490 e. The lowest BCUT2D eigenvalue weighted by Gasteiger charge is -2.28. The molecule has 4 aromatic rings. The van der Waals surface area contributed by atoms with Crippen molar-refractivity contribution in [3.05, 3.63) is 143 Å². The van der Waals surface area contributed by atoms with Crippen LogP contribution in [0.2, 0.25) is 0 Å². The first kappa shape index (κ1) is 34.9. The van der Waals surface area contributed by atoms with Gasteiger partial charge in [-0.25, -0.2) is 9.59 Å².